The summed E-state index contributed by atoms with van der Waals surface area (Å²) < 4.78 is 74.0. The molecule has 0 aromatic carbocycles. The Kier molecular flexibility index (Phi) is 7.18. The van der Waals surface area contributed by atoms with Gasteiger partial charge in [-0.05, 0) is 13.3 Å². The molecule has 0 spiro atoms. The van der Waals surface area contributed by atoms with Gasteiger partial charge in [0, 0.05) is 6.04 Å². The molecule has 0 bridgehead atoms. The van der Waals surface area contributed by atoms with Gasteiger partial charge >= 0.3 is 24.2 Å². The summed E-state index contributed by atoms with van der Waals surface area (Å²) in [5.41, 5.74) is 0. The van der Waals surface area contributed by atoms with Crippen molar-refractivity contribution in [2.45, 2.75) is 64.3 Å². The molecule has 0 aromatic heterocycles. The molecule has 3 nitrogen and oxygen atoms in total. The van der Waals surface area contributed by atoms with Gasteiger partial charge in [0.05, 0.1) is 0 Å². The lowest BCUT2D eigenvalue weighted by atomic mass is 10.1. The number of carbonyl (C=O) groups excluding carboxylic acids is 2. The average Bonchev–Trinajstić information content (AvgIpc) is 2.32. The first-order valence-corrected chi connectivity index (χ1v) is 6.44. The number of amides is 2. The SMILES string of the molecule is CCCCCCC(C)N(C(=O)C(F)(F)F)C(=O)C(F)(F)F. The Balaban J connectivity index is 5.06. The molecule has 0 fully saturated rings. The number of alkyl halides is 6. The highest BCUT2D eigenvalue weighted by Crippen LogP contribution is 2.27. The smallest absolute Gasteiger partial charge is 0.264 e. The van der Waals surface area contributed by atoms with Crippen molar-refractivity contribution in [2.75, 3.05) is 0 Å². The molecule has 1 unspecified atom stereocenters. The first-order chi connectivity index (χ1) is 9.42. The van der Waals surface area contributed by atoms with E-state index in [-0.39, 0.29) is 6.42 Å². The van der Waals surface area contributed by atoms with Gasteiger partial charge in [-0.1, -0.05) is 32.6 Å². The Morgan fingerprint density at radius 1 is 0.905 bits per heavy atom. The largest absolute Gasteiger partial charge is 0.471 e. The van der Waals surface area contributed by atoms with Gasteiger partial charge in [0.1, 0.15) is 0 Å². The van der Waals surface area contributed by atoms with Crippen LogP contribution in [0.1, 0.15) is 46.0 Å². The number of nitrogens with zero attached hydrogens (tertiary/aromatic N) is 1. The third kappa shape index (κ3) is 6.34. The normalized spacial score (nSPS) is 13.9. The van der Waals surface area contributed by atoms with Gasteiger partial charge in [0.2, 0.25) is 0 Å². The van der Waals surface area contributed by atoms with Crippen LogP contribution in [0.3, 0.4) is 0 Å². The van der Waals surface area contributed by atoms with E-state index in [2.05, 4.69) is 0 Å². The van der Waals surface area contributed by atoms with Gasteiger partial charge in [-0.2, -0.15) is 26.3 Å². The highest BCUT2D eigenvalue weighted by atomic mass is 19.4. The standard InChI is InChI=1S/C12H17F6NO2/c1-3-4-5-6-7-8(2)19(9(20)11(13,14)15)10(21)12(16,17)18/h8H,3-7H2,1-2H3. The lowest BCUT2D eigenvalue weighted by Crippen LogP contribution is -2.53. The number of rotatable bonds is 6. The van der Waals surface area contributed by atoms with E-state index in [9.17, 15) is 35.9 Å². The molecule has 1 atom stereocenters. The third-order valence-electron chi connectivity index (χ3n) is 2.84. The highest BCUT2D eigenvalue weighted by Gasteiger charge is 2.53. The Morgan fingerprint density at radius 2 is 1.33 bits per heavy atom. The van der Waals surface area contributed by atoms with E-state index < -0.39 is 35.1 Å². The average molecular weight is 321 g/mol. The minimum atomic E-state index is -5.53. The Labute approximate surface area is 118 Å². The maximum atomic E-state index is 12.3. The van der Waals surface area contributed by atoms with E-state index in [1.165, 1.54) is 0 Å². The maximum Gasteiger partial charge on any atom is 0.471 e. The van der Waals surface area contributed by atoms with Crippen molar-refractivity contribution < 1.29 is 35.9 Å². The fourth-order valence-electron chi connectivity index (χ4n) is 1.76. The molecule has 0 saturated carbocycles. The second-order valence-corrected chi connectivity index (χ2v) is 4.67. The molecule has 0 aliphatic carbocycles. The van der Waals surface area contributed by atoms with Crippen molar-refractivity contribution >= 4 is 11.8 Å². The van der Waals surface area contributed by atoms with Crippen LogP contribution in [0, 0.1) is 0 Å². The van der Waals surface area contributed by atoms with Crippen molar-refractivity contribution in [2.24, 2.45) is 0 Å². The second kappa shape index (κ2) is 7.65. The Hall–Kier alpha value is -1.28. The number of hydrogen-bond acceptors (Lipinski definition) is 2. The van der Waals surface area contributed by atoms with Crippen LogP contribution in [0.25, 0.3) is 0 Å². The number of unbranched alkanes of at least 4 members (excludes halogenated alkanes) is 3. The molecule has 21 heavy (non-hydrogen) atoms. The molecular weight excluding hydrogens is 304 g/mol. The summed E-state index contributed by atoms with van der Waals surface area (Å²) in [7, 11) is 0. The van der Waals surface area contributed by atoms with Crippen LogP contribution in [-0.2, 0) is 9.59 Å². The van der Waals surface area contributed by atoms with Crippen molar-refractivity contribution in [3.05, 3.63) is 0 Å². The Morgan fingerprint density at radius 3 is 1.67 bits per heavy atom. The molecule has 0 saturated heterocycles. The Bertz CT molecular complexity index is 338. The molecule has 0 aliphatic rings. The first kappa shape index (κ1) is 19.7. The minimum absolute atomic E-state index is 0.108. The fraction of sp³-hybridized carbons (Fsp3) is 0.833. The summed E-state index contributed by atoms with van der Waals surface area (Å²) >= 11 is 0. The molecule has 0 heterocycles. The van der Waals surface area contributed by atoms with Gasteiger partial charge in [-0.15, -0.1) is 0 Å². The van der Waals surface area contributed by atoms with E-state index in [1.807, 2.05) is 6.92 Å². The first-order valence-electron chi connectivity index (χ1n) is 6.44. The van der Waals surface area contributed by atoms with Gasteiger partial charge in [-0.3, -0.25) is 14.5 Å². The maximum absolute atomic E-state index is 12.3. The lowest BCUT2D eigenvalue weighted by molar-refractivity contribution is -0.206. The number of imide groups is 1. The van der Waals surface area contributed by atoms with Crippen LogP contribution in [0.2, 0.25) is 0 Å². The van der Waals surface area contributed by atoms with E-state index in [1.54, 1.807) is 0 Å². The zero-order valence-electron chi connectivity index (χ0n) is 11.6. The summed E-state index contributed by atoms with van der Waals surface area (Å²) in [6.45, 7) is 2.88. The zero-order chi connectivity index (χ0) is 16.8. The van der Waals surface area contributed by atoms with Crippen LogP contribution in [0.4, 0.5) is 26.3 Å². The number of hydrogen-bond donors (Lipinski definition) is 0. The second-order valence-electron chi connectivity index (χ2n) is 4.67. The topological polar surface area (TPSA) is 37.4 Å². The van der Waals surface area contributed by atoms with Gasteiger partial charge < -0.3 is 0 Å². The van der Waals surface area contributed by atoms with Crippen molar-refractivity contribution in [3.63, 3.8) is 0 Å². The summed E-state index contributed by atoms with van der Waals surface area (Å²) in [5, 5.41) is 0. The minimum Gasteiger partial charge on any atom is -0.264 e. The predicted molar refractivity (Wildman–Crippen MR) is 62.2 cm³/mol. The summed E-state index contributed by atoms with van der Waals surface area (Å²) in [6, 6.07) is -1.47. The molecule has 0 aliphatic heterocycles. The molecule has 0 radical (unpaired) electrons. The molecule has 0 rings (SSSR count). The van der Waals surface area contributed by atoms with E-state index >= 15 is 0 Å². The molecular formula is C12H17F6NO2. The molecule has 0 aromatic rings. The molecule has 2 amide bonds. The van der Waals surface area contributed by atoms with Crippen LogP contribution < -0.4 is 0 Å². The number of carbonyl (C=O) groups is 2. The zero-order valence-corrected chi connectivity index (χ0v) is 11.6. The van der Waals surface area contributed by atoms with Crippen LogP contribution in [0.5, 0.6) is 0 Å². The lowest BCUT2D eigenvalue weighted by Gasteiger charge is -2.28. The van der Waals surface area contributed by atoms with Crippen molar-refractivity contribution in [3.8, 4) is 0 Å². The molecule has 0 N–H and O–H groups in total. The van der Waals surface area contributed by atoms with E-state index in [0.717, 1.165) is 19.8 Å². The predicted octanol–water partition coefficient (Wildman–Crippen LogP) is 3.83. The summed E-state index contributed by atoms with van der Waals surface area (Å²) in [4.78, 5) is 21.4. The van der Waals surface area contributed by atoms with E-state index in [0.29, 0.717) is 12.8 Å². The third-order valence-corrected chi connectivity index (χ3v) is 2.84. The monoisotopic (exact) mass is 321 g/mol. The van der Waals surface area contributed by atoms with Crippen molar-refractivity contribution in [1.29, 1.82) is 0 Å². The number of halogens is 6. The van der Waals surface area contributed by atoms with Crippen molar-refractivity contribution in [1.82, 2.24) is 4.90 Å². The molecule has 124 valence electrons. The van der Waals surface area contributed by atoms with Crippen LogP contribution >= 0.6 is 0 Å². The van der Waals surface area contributed by atoms with Gasteiger partial charge in [0.25, 0.3) is 0 Å². The summed E-state index contributed by atoms with van der Waals surface area (Å²) in [6.07, 6.45) is -8.62. The van der Waals surface area contributed by atoms with E-state index in [4.69, 9.17) is 0 Å². The van der Waals surface area contributed by atoms with Crippen LogP contribution in [0.15, 0.2) is 0 Å². The summed E-state index contributed by atoms with van der Waals surface area (Å²) in [5.74, 6) is -5.57. The van der Waals surface area contributed by atoms with Gasteiger partial charge in [0.15, 0.2) is 0 Å². The van der Waals surface area contributed by atoms with Gasteiger partial charge in [-0.25, -0.2) is 0 Å². The van der Waals surface area contributed by atoms with Crippen LogP contribution in [-0.4, -0.2) is 35.1 Å². The fourth-order valence-corrected chi connectivity index (χ4v) is 1.76. The highest BCUT2D eigenvalue weighted by molar-refractivity contribution is 6.00. The quantitative estimate of drug-likeness (QED) is 0.551. The molecule has 9 heteroatoms.